The van der Waals surface area contributed by atoms with Crippen LogP contribution in [0.4, 0.5) is 6.01 Å². The lowest BCUT2D eigenvalue weighted by atomic mass is 9.90. The van der Waals surface area contributed by atoms with Crippen molar-refractivity contribution in [2.45, 2.75) is 40.2 Å². The summed E-state index contributed by atoms with van der Waals surface area (Å²) in [5.74, 6) is 0.610. The molecule has 0 aliphatic rings. The molecule has 1 heterocycles. The molecule has 0 fully saturated rings. The molecular weight excluding hydrogens is 244 g/mol. The standard InChI is InChI=1S/C13H26N4O2/c1-6-14-10(2)11-16-17-12(19-11)15-9-13(3,4)7-8-18-5/h10,14H,6-9H2,1-5H3,(H,15,17). The van der Waals surface area contributed by atoms with Crippen LogP contribution in [0.5, 0.6) is 0 Å². The summed E-state index contributed by atoms with van der Waals surface area (Å²) in [6, 6.07) is 0.555. The van der Waals surface area contributed by atoms with Gasteiger partial charge in [-0.1, -0.05) is 25.9 Å². The van der Waals surface area contributed by atoms with Gasteiger partial charge in [-0.3, -0.25) is 0 Å². The van der Waals surface area contributed by atoms with Crippen LogP contribution in [0.2, 0.25) is 0 Å². The van der Waals surface area contributed by atoms with Gasteiger partial charge in [0, 0.05) is 20.3 Å². The summed E-state index contributed by atoms with van der Waals surface area (Å²) in [5, 5.41) is 14.5. The highest BCUT2D eigenvalue weighted by molar-refractivity contribution is 5.18. The van der Waals surface area contributed by atoms with Crippen molar-refractivity contribution >= 4 is 6.01 Å². The number of methoxy groups -OCH3 is 1. The van der Waals surface area contributed by atoms with Crippen molar-refractivity contribution in [2.75, 3.05) is 32.1 Å². The van der Waals surface area contributed by atoms with Crippen LogP contribution in [-0.4, -0.2) is 37.0 Å². The SMILES string of the molecule is CCNC(C)c1nnc(NCC(C)(C)CCOC)o1. The Kier molecular flexibility index (Phi) is 6.24. The van der Waals surface area contributed by atoms with Crippen molar-refractivity contribution in [1.29, 1.82) is 0 Å². The molecule has 0 aliphatic heterocycles. The lowest BCUT2D eigenvalue weighted by Crippen LogP contribution is -2.24. The second-order valence-corrected chi connectivity index (χ2v) is 5.49. The number of aromatic nitrogens is 2. The largest absolute Gasteiger partial charge is 0.406 e. The maximum Gasteiger partial charge on any atom is 0.315 e. The molecule has 6 heteroatoms. The van der Waals surface area contributed by atoms with E-state index in [0.717, 1.165) is 26.1 Å². The van der Waals surface area contributed by atoms with Crippen molar-refractivity contribution in [2.24, 2.45) is 5.41 Å². The molecule has 19 heavy (non-hydrogen) atoms. The van der Waals surface area contributed by atoms with Gasteiger partial charge in [-0.05, 0) is 25.3 Å². The fourth-order valence-corrected chi connectivity index (χ4v) is 1.66. The molecule has 2 N–H and O–H groups in total. The van der Waals surface area contributed by atoms with Crippen LogP contribution in [0.25, 0.3) is 0 Å². The smallest absolute Gasteiger partial charge is 0.315 e. The molecule has 0 radical (unpaired) electrons. The van der Waals surface area contributed by atoms with E-state index in [0.29, 0.717) is 11.9 Å². The Morgan fingerprint density at radius 1 is 1.37 bits per heavy atom. The second kappa shape index (κ2) is 7.45. The highest BCUT2D eigenvalue weighted by Crippen LogP contribution is 2.21. The highest BCUT2D eigenvalue weighted by Gasteiger charge is 2.19. The number of rotatable bonds is 9. The van der Waals surface area contributed by atoms with Crippen molar-refractivity contribution in [3.05, 3.63) is 5.89 Å². The molecule has 1 aromatic heterocycles. The van der Waals surface area contributed by atoms with Gasteiger partial charge in [0.1, 0.15) is 0 Å². The maximum absolute atomic E-state index is 5.57. The van der Waals surface area contributed by atoms with Crippen LogP contribution < -0.4 is 10.6 Å². The predicted octanol–water partition coefficient (Wildman–Crippen LogP) is 2.21. The summed E-state index contributed by atoms with van der Waals surface area (Å²) in [4.78, 5) is 0. The molecule has 0 amide bonds. The summed E-state index contributed by atoms with van der Waals surface area (Å²) >= 11 is 0. The second-order valence-electron chi connectivity index (χ2n) is 5.49. The van der Waals surface area contributed by atoms with Gasteiger partial charge in [-0.2, -0.15) is 0 Å². The van der Waals surface area contributed by atoms with Gasteiger partial charge >= 0.3 is 6.01 Å². The van der Waals surface area contributed by atoms with Gasteiger partial charge < -0.3 is 19.8 Å². The fourth-order valence-electron chi connectivity index (χ4n) is 1.66. The molecule has 0 spiro atoms. The minimum absolute atomic E-state index is 0.0783. The minimum atomic E-state index is 0.0783. The van der Waals surface area contributed by atoms with Crippen molar-refractivity contribution < 1.29 is 9.15 Å². The molecule has 1 atom stereocenters. The Balaban J connectivity index is 2.45. The van der Waals surface area contributed by atoms with Gasteiger partial charge in [-0.15, -0.1) is 5.10 Å². The average molecular weight is 270 g/mol. The Morgan fingerprint density at radius 3 is 2.74 bits per heavy atom. The van der Waals surface area contributed by atoms with E-state index in [4.69, 9.17) is 9.15 Å². The number of nitrogens with one attached hydrogen (secondary N) is 2. The van der Waals surface area contributed by atoms with E-state index in [-0.39, 0.29) is 11.5 Å². The van der Waals surface area contributed by atoms with Crippen molar-refractivity contribution in [1.82, 2.24) is 15.5 Å². The Morgan fingerprint density at radius 2 is 2.11 bits per heavy atom. The van der Waals surface area contributed by atoms with Crippen molar-refractivity contribution in [3.63, 3.8) is 0 Å². The van der Waals surface area contributed by atoms with E-state index < -0.39 is 0 Å². The zero-order valence-electron chi connectivity index (χ0n) is 12.6. The first-order chi connectivity index (χ1) is 8.98. The monoisotopic (exact) mass is 270 g/mol. The molecule has 110 valence electrons. The first kappa shape index (κ1) is 15.9. The number of ether oxygens (including phenoxy) is 1. The minimum Gasteiger partial charge on any atom is -0.406 e. The number of hydrogen-bond acceptors (Lipinski definition) is 6. The molecule has 1 aromatic rings. The lowest BCUT2D eigenvalue weighted by molar-refractivity contribution is 0.156. The molecule has 1 unspecified atom stereocenters. The van der Waals surface area contributed by atoms with Crippen LogP contribution >= 0.6 is 0 Å². The summed E-state index contributed by atoms with van der Waals surface area (Å²) in [7, 11) is 1.72. The third-order valence-corrected chi connectivity index (χ3v) is 3.02. The molecule has 0 aliphatic carbocycles. The highest BCUT2D eigenvalue weighted by atomic mass is 16.5. The zero-order chi connectivity index (χ0) is 14.3. The van der Waals surface area contributed by atoms with Gasteiger partial charge in [-0.25, -0.2) is 0 Å². The molecule has 0 saturated heterocycles. The van der Waals surface area contributed by atoms with E-state index >= 15 is 0 Å². The van der Waals surface area contributed by atoms with E-state index in [1.54, 1.807) is 7.11 Å². The first-order valence-electron chi connectivity index (χ1n) is 6.78. The lowest BCUT2D eigenvalue weighted by Gasteiger charge is -2.23. The van der Waals surface area contributed by atoms with E-state index in [9.17, 15) is 0 Å². The summed E-state index contributed by atoms with van der Waals surface area (Å²) in [6.07, 6.45) is 0.977. The van der Waals surface area contributed by atoms with E-state index in [1.165, 1.54) is 0 Å². The molecule has 0 bridgehead atoms. The number of hydrogen-bond donors (Lipinski definition) is 2. The van der Waals surface area contributed by atoms with Crippen LogP contribution in [0, 0.1) is 5.41 Å². The van der Waals surface area contributed by atoms with Crippen LogP contribution in [0.15, 0.2) is 4.42 Å². The Labute approximate surface area is 115 Å². The summed E-state index contributed by atoms with van der Waals surface area (Å²) in [5.41, 5.74) is 0.123. The molecule has 6 nitrogen and oxygen atoms in total. The first-order valence-corrected chi connectivity index (χ1v) is 6.78. The Bertz CT molecular complexity index is 365. The molecule has 0 saturated carbocycles. The van der Waals surface area contributed by atoms with Crippen LogP contribution in [0.3, 0.4) is 0 Å². The van der Waals surface area contributed by atoms with E-state index in [2.05, 4.69) is 34.7 Å². The van der Waals surface area contributed by atoms with Crippen LogP contribution in [0.1, 0.15) is 46.0 Å². The number of nitrogens with zero attached hydrogens (tertiary/aromatic N) is 2. The van der Waals surface area contributed by atoms with Gasteiger partial charge in [0.15, 0.2) is 0 Å². The predicted molar refractivity (Wildman–Crippen MR) is 75.2 cm³/mol. The maximum atomic E-state index is 5.57. The molecule has 1 rings (SSSR count). The van der Waals surface area contributed by atoms with Gasteiger partial charge in [0.05, 0.1) is 6.04 Å². The quantitative estimate of drug-likeness (QED) is 0.717. The Hall–Kier alpha value is -1.14. The summed E-state index contributed by atoms with van der Waals surface area (Å²) < 4.78 is 10.7. The third kappa shape index (κ3) is 5.57. The van der Waals surface area contributed by atoms with Crippen molar-refractivity contribution in [3.8, 4) is 0 Å². The van der Waals surface area contributed by atoms with Crippen LogP contribution in [-0.2, 0) is 4.74 Å². The zero-order valence-corrected chi connectivity index (χ0v) is 12.6. The topological polar surface area (TPSA) is 72.2 Å². The third-order valence-electron chi connectivity index (χ3n) is 3.02. The van der Waals surface area contributed by atoms with Gasteiger partial charge in [0.25, 0.3) is 0 Å². The van der Waals surface area contributed by atoms with Gasteiger partial charge in [0.2, 0.25) is 5.89 Å². The number of anilines is 1. The normalized spacial score (nSPS) is 13.5. The average Bonchev–Trinajstić information content (AvgIpc) is 2.83. The summed E-state index contributed by atoms with van der Waals surface area (Å²) in [6.45, 7) is 10.8. The fraction of sp³-hybridized carbons (Fsp3) is 0.846. The molecule has 0 aromatic carbocycles. The van der Waals surface area contributed by atoms with E-state index in [1.807, 2.05) is 13.8 Å². The molecular formula is C13H26N4O2.